The minimum Gasteiger partial charge on any atom is -0.349 e. The molecular weight excluding hydrogens is 285 g/mol. The molecule has 1 saturated heterocycles. The molecule has 0 aliphatic carbocycles. The molecule has 100 valence electrons. The molecule has 1 aliphatic rings. The Morgan fingerprint density at radius 2 is 2.16 bits per heavy atom. The van der Waals surface area contributed by atoms with Crippen LogP contribution in [0.25, 0.3) is 10.9 Å². The summed E-state index contributed by atoms with van der Waals surface area (Å²) in [4.78, 5) is 17.1. The van der Waals surface area contributed by atoms with Crippen LogP contribution in [-0.2, 0) is 0 Å². The summed E-state index contributed by atoms with van der Waals surface area (Å²) in [7, 11) is 0. The van der Waals surface area contributed by atoms with Crippen LogP contribution in [-0.4, -0.2) is 34.9 Å². The highest BCUT2D eigenvalue weighted by Crippen LogP contribution is 2.28. The first-order valence-corrected chi connectivity index (χ1v) is 6.83. The number of carbonyl (C=O) groups is 1. The number of hydrogen-bond acceptors (Lipinski definition) is 2. The summed E-state index contributed by atoms with van der Waals surface area (Å²) in [5.41, 5.74) is 7.07. The lowest BCUT2D eigenvalue weighted by molar-refractivity contribution is 0.0786. The van der Waals surface area contributed by atoms with E-state index in [-0.39, 0.29) is 11.9 Å². The third-order valence-electron chi connectivity index (χ3n) is 3.39. The van der Waals surface area contributed by atoms with E-state index in [4.69, 9.17) is 28.9 Å². The number of rotatable bonds is 1. The Morgan fingerprint density at radius 1 is 1.37 bits per heavy atom. The van der Waals surface area contributed by atoms with Gasteiger partial charge in [0.25, 0.3) is 5.91 Å². The molecule has 1 aromatic heterocycles. The van der Waals surface area contributed by atoms with Gasteiger partial charge in [0, 0.05) is 29.5 Å². The fourth-order valence-corrected chi connectivity index (χ4v) is 2.98. The molecule has 0 unspecified atom stereocenters. The SMILES string of the molecule is N[C@@H]1CCN(C(=O)c2cc3cc(Cl)cc(Cl)c3[nH]2)C1. The molecule has 2 heterocycles. The maximum absolute atomic E-state index is 12.3. The molecule has 1 aromatic carbocycles. The highest BCUT2D eigenvalue weighted by molar-refractivity contribution is 6.38. The van der Waals surface area contributed by atoms with Gasteiger partial charge in [-0.15, -0.1) is 0 Å². The van der Waals surface area contributed by atoms with Crippen LogP contribution < -0.4 is 5.73 Å². The summed E-state index contributed by atoms with van der Waals surface area (Å²) in [6, 6.07) is 5.29. The fraction of sp³-hybridized carbons (Fsp3) is 0.308. The Bertz CT molecular complexity index is 653. The number of amides is 1. The van der Waals surface area contributed by atoms with E-state index in [2.05, 4.69) is 4.98 Å². The molecule has 6 heteroatoms. The van der Waals surface area contributed by atoms with Crippen LogP contribution in [0.2, 0.25) is 10.0 Å². The van der Waals surface area contributed by atoms with Crippen molar-refractivity contribution in [1.29, 1.82) is 0 Å². The van der Waals surface area contributed by atoms with Gasteiger partial charge in [-0.05, 0) is 24.6 Å². The lowest BCUT2D eigenvalue weighted by atomic mass is 10.2. The average Bonchev–Trinajstić information content (AvgIpc) is 2.94. The van der Waals surface area contributed by atoms with Gasteiger partial charge in [0.15, 0.2) is 0 Å². The smallest absolute Gasteiger partial charge is 0.270 e. The van der Waals surface area contributed by atoms with Crippen LogP contribution in [0.15, 0.2) is 18.2 Å². The summed E-state index contributed by atoms with van der Waals surface area (Å²) < 4.78 is 0. The van der Waals surface area contributed by atoms with Gasteiger partial charge in [0.05, 0.1) is 10.5 Å². The summed E-state index contributed by atoms with van der Waals surface area (Å²) in [5, 5.41) is 1.91. The zero-order chi connectivity index (χ0) is 13.6. The molecule has 1 amide bonds. The average molecular weight is 298 g/mol. The first-order chi connectivity index (χ1) is 9.04. The number of benzene rings is 1. The summed E-state index contributed by atoms with van der Waals surface area (Å²) in [6.07, 6.45) is 0.846. The number of fused-ring (bicyclic) bond motifs is 1. The number of H-pyrrole nitrogens is 1. The maximum atomic E-state index is 12.3. The largest absolute Gasteiger partial charge is 0.349 e. The van der Waals surface area contributed by atoms with E-state index in [1.54, 1.807) is 23.1 Å². The van der Waals surface area contributed by atoms with Gasteiger partial charge in [0.1, 0.15) is 5.69 Å². The van der Waals surface area contributed by atoms with Crippen molar-refractivity contribution in [2.45, 2.75) is 12.5 Å². The van der Waals surface area contributed by atoms with Crippen molar-refractivity contribution in [2.75, 3.05) is 13.1 Å². The molecule has 4 nitrogen and oxygen atoms in total. The lowest BCUT2D eigenvalue weighted by Gasteiger charge is -2.14. The predicted octanol–water partition coefficient (Wildman–Crippen LogP) is 2.65. The first kappa shape index (κ1) is 12.8. The standard InChI is InChI=1S/C13H13Cl2N3O/c14-8-3-7-4-11(17-12(7)10(15)5-8)13(19)18-2-1-9(16)6-18/h3-5,9,17H,1-2,6,16H2/t9-/m1/s1. The maximum Gasteiger partial charge on any atom is 0.270 e. The Hall–Kier alpha value is -1.23. The number of aromatic amines is 1. The number of nitrogens with one attached hydrogen (secondary N) is 1. The van der Waals surface area contributed by atoms with Gasteiger partial charge in [-0.25, -0.2) is 0 Å². The number of halogens is 2. The number of nitrogens with zero attached hydrogens (tertiary/aromatic N) is 1. The molecule has 0 bridgehead atoms. The second kappa shape index (κ2) is 4.71. The molecule has 3 N–H and O–H groups in total. The molecule has 0 saturated carbocycles. The summed E-state index contributed by atoms with van der Waals surface area (Å²) >= 11 is 12.1. The minimum atomic E-state index is -0.0451. The first-order valence-electron chi connectivity index (χ1n) is 6.07. The van der Waals surface area contributed by atoms with Gasteiger partial charge in [-0.2, -0.15) is 0 Å². The Labute approximate surface area is 120 Å². The number of likely N-dealkylation sites (tertiary alicyclic amines) is 1. The zero-order valence-corrected chi connectivity index (χ0v) is 11.6. The molecule has 19 heavy (non-hydrogen) atoms. The quantitative estimate of drug-likeness (QED) is 0.850. The van der Waals surface area contributed by atoms with Crippen molar-refractivity contribution in [3.8, 4) is 0 Å². The lowest BCUT2D eigenvalue weighted by Crippen LogP contribution is -2.32. The van der Waals surface area contributed by atoms with Crippen molar-refractivity contribution >= 4 is 40.0 Å². The molecule has 0 spiro atoms. The number of hydrogen-bond donors (Lipinski definition) is 2. The normalized spacial score (nSPS) is 19.3. The Morgan fingerprint density at radius 3 is 2.84 bits per heavy atom. The van der Waals surface area contributed by atoms with E-state index in [1.165, 1.54) is 0 Å². The second-order valence-electron chi connectivity index (χ2n) is 4.83. The molecule has 3 rings (SSSR count). The number of nitrogens with two attached hydrogens (primary N) is 1. The van der Waals surface area contributed by atoms with Crippen LogP contribution in [0, 0.1) is 0 Å². The Kier molecular flexibility index (Phi) is 3.17. The molecule has 1 atom stereocenters. The monoisotopic (exact) mass is 297 g/mol. The molecule has 2 aromatic rings. The van der Waals surface area contributed by atoms with Crippen LogP contribution in [0.3, 0.4) is 0 Å². The second-order valence-corrected chi connectivity index (χ2v) is 5.68. The van der Waals surface area contributed by atoms with Gasteiger partial charge < -0.3 is 15.6 Å². The van der Waals surface area contributed by atoms with Crippen molar-refractivity contribution in [2.24, 2.45) is 5.73 Å². The van der Waals surface area contributed by atoms with Crippen LogP contribution in [0.5, 0.6) is 0 Å². The highest BCUT2D eigenvalue weighted by atomic mass is 35.5. The number of aromatic nitrogens is 1. The van der Waals surface area contributed by atoms with Crippen molar-refractivity contribution < 1.29 is 4.79 Å². The summed E-state index contributed by atoms with van der Waals surface area (Å²) in [5.74, 6) is -0.0451. The topological polar surface area (TPSA) is 62.1 Å². The summed E-state index contributed by atoms with van der Waals surface area (Å²) in [6.45, 7) is 1.30. The van der Waals surface area contributed by atoms with Crippen LogP contribution in [0.4, 0.5) is 0 Å². The van der Waals surface area contributed by atoms with Crippen LogP contribution in [0.1, 0.15) is 16.9 Å². The Balaban J connectivity index is 1.97. The van der Waals surface area contributed by atoms with E-state index >= 15 is 0 Å². The third kappa shape index (κ3) is 2.31. The van der Waals surface area contributed by atoms with Gasteiger partial charge >= 0.3 is 0 Å². The molecule has 1 fully saturated rings. The molecule has 0 radical (unpaired) electrons. The van der Waals surface area contributed by atoms with Crippen LogP contribution >= 0.6 is 23.2 Å². The van der Waals surface area contributed by atoms with Gasteiger partial charge in [-0.3, -0.25) is 4.79 Å². The fourth-order valence-electron chi connectivity index (χ4n) is 2.42. The molecule has 1 aliphatic heterocycles. The van der Waals surface area contributed by atoms with E-state index < -0.39 is 0 Å². The van der Waals surface area contributed by atoms with E-state index in [0.717, 1.165) is 17.3 Å². The third-order valence-corrected chi connectivity index (χ3v) is 3.90. The van der Waals surface area contributed by atoms with Crippen molar-refractivity contribution in [1.82, 2.24) is 9.88 Å². The van der Waals surface area contributed by atoms with E-state index in [1.807, 2.05) is 0 Å². The van der Waals surface area contributed by atoms with E-state index in [9.17, 15) is 4.79 Å². The predicted molar refractivity (Wildman–Crippen MR) is 76.8 cm³/mol. The van der Waals surface area contributed by atoms with Gasteiger partial charge in [-0.1, -0.05) is 23.2 Å². The minimum absolute atomic E-state index is 0.0451. The molecular formula is C13H13Cl2N3O. The highest BCUT2D eigenvalue weighted by Gasteiger charge is 2.25. The van der Waals surface area contributed by atoms with Gasteiger partial charge in [0.2, 0.25) is 0 Å². The number of carbonyl (C=O) groups excluding carboxylic acids is 1. The zero-order valence-electron chi connectivity index (χ0n) is 10.1. The van der Waals surface area contributed by atoms with Crippen molar-refractivity contribution in [3.05, 3.63) is 33.9 Å². The van der Waals surface area contributed by atoms with Crippen molar-refractivity contribution in [3.63, 3.8) is 0 Å². The van der Waals surface area contributed by atoms with E-state index in [0.29, 0.717) is 28.8 Å².